The molecular weight excluding hydrogens is 260 g/mol. The predicted octanol–water partition coefficient (Wildman–Crippen LogP) is 2.76. The molecule has 1 aromatic rings. The van der Waals surface area contributed by atoms with Gasteiger partial charge in [0, 0.05) is 31.3 Å². The second-order valence-electron chi connectivity index (χ2n) is 7.07. The van der Waals surface area contributed by atoms with Crippen molar-refractivity contribution in [3.63, 3.8) is 0 Å². The zero-order chi connectivity index (χ0) is 14.9. The first-order valence-corrected chi connectivity index (χ1v) is 8.22. The monoisotopic (exact) mass is 288 g/mol. The fraction of sp³-hybridized carbons (Fsp3) is 0.667. The SMILES string of the molecule is CCC1CNC(C)(c2ccccc2)CN1C1(C)CCOC1. The number of benzene rings is 1. The Labute approximate surface area is 128 Å². The quantitative estimate of drug-likeness (QED) is 0.925. The first-order chi connectivity index (χ1) is 10.1. The van der Waals surface area contributed by atoms with Crippen LogP contribution in [0.25, 0.3) is 0 Å². The molecule has 2 aliphatic rings. The Bertz CT molecular complexity index is 469. The van der Waals surface area contributed by atoms with E-state index >= 15 is 0 Å². The highest BCUT2D eigenvalue weighted by atomic mass is 16.5. The van der Waals surface area contributed by atoms with Crippen molar-refractivity contribution in [3.8, 4) is 0 Å². The smallest absolute Gasteiger partial charge is 0.0648 e. The van der Waals surface area contributed by atoms with E-state index in [-0.39, 0.29) is 11.1 Å². The Hall–Kier alpha value is -0.900. The number of rotatable bonds is 3. The number of hydrogen-bond acceptors (Lipinski definition) is 3. The number of nitrogens with zero attached hydrogens (tertiary/aromatic N) is 1. The summed E-state index contributed by atoms with van der Waals surface area (Å²) in [6, 6.07) is 11.5. The summed E-state index contributed by atoms with van der Waals surface area (Å²) in [6.45, 7) is 10.9. The van der Waals surface area contributed by atoms with Gasteiger partial charge in [-0.25, -0.2) is 0 Å². The van der Waals surface area contributed by atoms with Crippen molar-refractivity contribution in [3.05, 3.63) is 35.9 Å². The van der Waals surface area contributed by atoms with E-state index in [2.05, 4.69) is 61.3 Å². The molecule has 2 heterocycles. The van der Waals surface area contributed by atoms with Gasteiger partial charge in [-0.05, 0) is 32.3 Å². The standard InChI is InChI=1S/C18H28N2O/c1-4-16-12-19-18(3,15-8-6-5-7-9-15)13-20(16)17(2)10-11-21-14-17/h5-9,16,19H,4,10-14H2,1-3H3. The van der Waals surface area contributed by atoms with Crippen LogP contribution >= 0.6 is 0 Å². The lowest BCUT2D eigenvalue weighted by Crippen LogP contribution is -2.66. The lowest BCUT2D eigenvalue weighted by atomic mass is 9.84. The Morgan fingerprint density at radius 1 is 1.29 bits per heavy atom. The lowest BCUT2D eigenvalue weighted by molar-refractivity contribution is -0.0122. The molecule has 3 atom stereocenters. The van der Waals surface area contributed by atoms with Gasteiger partial charge in [-0.1, -0.05) is 37.3 Å². The summed E-state index contributed by atoms with van der Waals surface area (Å²) >= 11 is 0. The Kier molecular flexibility index (Phi) is 4.08. The highest BCUT2D eigenvalue weighted by molar-refractivity contribution is 5.25. The molecule has 0 radical (unpaired) electrons. The van der Waals surface area contributed by atoms with Crippen LogP contribution in [0.2, 0.25) is 0 Å². The van der Waals surface area contributed by atoms with E-state index in [1.54, 1.807) is 0 Å². The van der Waals surface area contributed by atoms with Crippen molar-refractivity contribution in [2.45, 2.75) is 50.7 Å². The minimum absolute atomic E-state index is 0.0263. The van der Waals surface area contributed by atoms with Gasteiger partial charge in [0.25, 0.3) is 0 Å². The molecule has 2 aliphatic heterocycles. The van der Waals surface area contributed by atoms with Crippen molar-refractivity contribution < 1.29 is 4.74 Å². The maximum absolute atomic E-state index is 5.72. The van der Waals surface area contributed by atoms with Crippen molar-refractivity contribution in [2.75, 3.05) is 26.3 Å². The average molecular weight is 288 g/mol. The Morgan fingerprint density at radius 3 is 2.67 bits per heavy atom. The van der Waals surface area contributed by atoms with Crippen LogP contribution in [0.1, 0.15) is 39.2 Å². The molecule has 21 heavy (non-hydrogen) atoms. The molecule has 0 aliphatic carbocycles. The van der Waals surface area contributed by atoms with Gasteiger partial charge >= 0.3 is 0 Å². The third-order valence-corrected chi connectivity index (χ3v) is 5.43. The Morgan fingerprint density at radius 2 is 2.05 bits per heavy atom. The summed E-state index contributed by atoms with van der Waals surface area (Å²) in [6.07, 6.45) is 2.34. The van der Waals surface area contributed by atoms with Crippen LogP contribution in [0.5, 0.6) is 0 Å². The van der Waals surface area contributed by atoms with Gasteiger partial charge in [0.1, 0.15) is 0 Å². The average Bonchev–Trinajstić information content (AvgIpc) is 2.96. The molecule has 3 rings (SSSR count). The van der Waals surface area contributed by atoms with E-state index in [0.717, 1.165) is 32.7 Å². The summed E-state index contributed by atoms with van der Waals surface area (Å²) in [7, 11) is 0. The van der Waals surface area contributed by atoms with Crippen LogP contribution in [-0.4, -0.2) is 42.8 Å². The number of ether oxygens (including phenoxy) is 1. The highest BCUT2D eigenvalue weighted by Crippen LogP contribution is 2.35. The molecule has 2 fully saturated rings. The molecule has 3 heteroatoms. The number of piperazine rings is 1. The molecule has 0 bridgehead atoms. The van der Waals surface area contributed by atoms with Crippen molar-refractivity contribution in [1.82, 2.24) is 10.2 Å². The van der Waals surface area contributed by atoms with E-state index in [0.29, 0.717) is 6.04 Å². The third kappa shape index (κ3) is 2.75. The fourth-order valence-corrected chi connectivity index (χ4v) is 3.86. The summed E-state index contributed by atoms with van der Waals surface area (Å²) in [5.74, 6) is 0. The molecule has 0 saturated carbocycles. The second kappa shape index (κ2) is 5.71. The topological polar surface area (TPSA) is 24.5 Å². The number of nitrogens with one attached hydrogen (secondary N) is 1. The van der Waals surface area contributed by atoms with Crippen molar-refractivity contribution in [2.24, 2.45) is 0 Å². The predicted molar refractivity (Wildman–Crippen MR) is 86.4 cm³/mol. The molecule has 3 unspecified atom stereocenters. The molecule has 0 amide bonds. The zero-order valence-electron chi connectivity index (χ0n) is 13.6. The van der Waals surface area contributed by atoms with Gasteiger partial charge in [0.15, 0.2) is 0 Å². The van der Waals surface area contributed by atoms with Crippen LogP contribution in [-0.2, 0) is 10.3 Å². The molecule has 0 spiro atoms. The van der Waals surface area contributed by atoms with E-state index in [9.17, 15) is 0 Å². The molecule has 0 aromatic heterocycles. The minimum atomic E-state index is 0.0263. The van der Waals surface area contributed by atoms with E-state index in [4.69, 9.17) is 4.74 Å². The third-order valence-electron chi connectivity index (χ3n) is 5.43. The van der Waals surface area contributed by atoms with Gasteiger partial charge < -0.3 is 10.1 Å². The van der Waals surface area contributed by atoms with Gasteiger partial charge in [-0.15, -0.1) is 0 Å². The van der Waals surface area contributed by atoms with Crippen LogP contribution in [0.15, 0.2) is 30.3 Å². The summed E-state index contributed by atoms with van der Waals surface area (Å²) in [5.41, 5.74) is 1.60. The molecular formula is C18H28N2O. The van der Waals surface area contributed by atoms with E-state index < -0.39 is 0 Å². The lowest BCUT2D eigenvalue weighted by Gasteiger charge is -2.52. The van der Waals surface area contributed by atoms with Gasteiger partial charge in [-0.2, -0.15) is 0 Å². The maximum atomic E-state index is 5.72. The summed E-state index contributed by atoms with van der Waals surface area (Å²) in [5, 5.41) is 3.80. The first kappa shape index (κ1) is 15.0. The largest absolute Gasteiger partial charge is 0.379 e. The van der Waals surface area contributed by atoms with Gasteiger partial charge in [0.2, 0.25) is 0 Å². The number of hydrogen-bond donors (Lipinski definition) is 1. The Balaban J connectivity index is 1.87. The van der Waals surface area contributed by atoms with E-state index in [1.807, 2.05) is 0 Å². The summed E-state index contributed by atoms with van der Waals surface area (Å²) in [4.78, 5) is 2.71. The molecule has 1 N–H and O–H groups in total. The van der Waals surface area contributed by atoms with Crippen LogP contribution < -0.4 is 5.32 Å². The zero-order valence-corrected chi connectivity index (χ0v) is 13.6. The van der Waals surface area contributed by atoms with E-state index in [1.165, 1.54) is 12.0 Å². The van der Waals surface area contributed by atoms with Crippen LogP contribution in [0.3, 0.4) is 0 Å². The molecule has 3 nitrogen and oxygen atoms in total. The van der Waals surface area contributed by atoms with Crippen molar-refractivity contribution in [1.29, 1.82) is 0 Å². The first-order valence-electron chi connectivity index (χ1n) is 8.22. The second-order valence-corrected chi connectivity index (χ2v) is 7.07. The highest BCUT2D eigenvalue weighted by Gasteiger charge is 2.45. The van der Waals surface area contributed by atoms with Gasteiger partial charge in [-0.3, -0.25) is 4.90 Å². The summed E-state index contributed by atoms with van der Waals surface area (Å²) < 4.78 is 5.72. The normalized spacial score (nSPS) is 37.8. The fourth-order valence-electron chi connectivity index (χ4n) is 3.86. The maximum Gasteiger partial charge on any atom is 0.0648 e. The van der Waals surface area contributed by atoms with Crippen molar-refractivity contribution >= 4 is 0 Å². The van der Waals surface area contributed by atoms with Crippen LogP contribution in [0.4, 0.5) is 0 Å². The molecule has 2 saturated heterocycles. The van der Waals surface area contributed by atoms with Crippen LogP contribution in [0, 0.1) is 0 Å². The molecule has 116 valence electrons. The minimum Gasteiger partial charge on any atom is -0.379 e. The van der Waals surface area contributed by atoms with Gasteiger partial charge in [0.05, 0.1) is 12.1 Å². The molecule has 1 aromatic carbocycles.